The first-order chi connectivity index (χ1) is 10.00. The number of nitrogens with two attached hydrogens (primary N) is 1. The van der Waals surface area contributed by atoms with Crippen LogP contribution >= 0.6 is 12.4 Å². The van der Waals surface area contributed by atoms with Gasteiger partial charge < -0.3 is 5.73 Å². The number of hydrogen-bond acceptors (Lipinski definition) is 3. The maximum Gasteiger partial charge on any atom is 0.243 e. The molecule has 22 heavy (non-hydrogen) atoms. The van der Waals surface area contributed by atoms with E-state index in [1.807, 2.05) is 19.1 Å². The molecule has 2 atom stereocenters. The third kappa shape index (κ3) is 3.18. The molecule has 0 amide bonds. The SMILES string of the molecule is CC(N)C1CCCCN1S(=O)(=O)c1ccc2c(c1)CCC2.Cl. The fourth-order valence-electron chi connectivity index (χ4n) is 3.60. The first-order valence-corrected chi connectivity index (χ1v) is 9.33. The van der Waals surface area contributed by atoms with Crippen molar-refractivity contribution in [1.29, 1.82) is 0 Å². The van der Waals surface area contributed by atoms with Gasteiger partial charge in [0.05, 0.1) is 4.90 Å². The molecule has 1 heterocycles. The predicted molar refractivity (Wildman–Crippen MR) is 90.9 cm³/mol. The lowest BCUT2D eigenvalue weighted by molar-refractivity contribution is 0.227. The zero-order chi connectivity index (χ0) is 15.0. The zero-order valence-electron chi connectivity index (χ0n) is 13.0. The number of sulfonamides is 1. The molecule has 2 N–H and O–H groups in total. The third-order valence-electron chi connectivity index (χ3n) is 4.78. The van der Waals surface area contributed by atoms with E-state index >= 15 is 0 Å². The summed E-state index contributed by atoms with van der Waals surface area (Å²) in [5.74, 6) is 0. The molecule has 2 aliphatic rings. The van der Waals surface area contributed by atoms with Crippen LogP contribution in [0.15, 0.2) is 23.1 Å². The Bertz CT molecular complexity index is 631. The average molecular weight is 345 g/mol. The molecular formula is C16H25ClN2O2S. The minimum absolute atomic E-state index is 0. The van der Waals surface area contributed by atoms with Crippen LogP contribution < -0.4 is 5.73 Å². The molecule has 2 unspecified atom stereocenters. The molecule has 0 bridgehead atoms. The topological polar surface area (TPSA) is 63.4 Å². The molecule has 1 saturated heterocycles. The number of piperidine rings is 1. The highest BCUT2D eigenvalue weighted by Crippen LogP contribution is 2.30. The Labute approximate surface area is 139 Å². The normalized spacial score (nSPS) is 23.6. The second kappa shape index (κ2) is 6.87. The van der Waals surface area contributed by atoms with E-state index in [2.05, 4.69) is 0 Å². The predicted octanol–water partition coefficient (Wildman–Crippen LogP) is 2.49. The number of aryl methyl sites for hydroxylation is 2. The van der Waals surface area contributed by atoms with Crippen molar-refractivity contribution in [1.82, 2.24) is 4.31 Å². The Morgan fingerprint density at radius 1 is 1.18 bits per heavy atom. The second-order valence-electron chi connectivity index (χ2n) is 6.32. The standard InChI is InChI=1S/C16H24N2O2S.ClH/c1-12(17)16-7-2-3-10-18(16)21(19,20)15-9-8-13-5-4-6-14(13)11-15;/h8-9,11-12,16H,2-7,10,17H2,1H3;1H. The van der Waals surface area contributed by atoms with E-state index in [4.69, 9.17) is 5.73 Å². The van der Waals surface area contributed by atoms with Crippen LogP contribution in [0, 0.1) is 0 Å². The fraction of sp³-hybridized carbons (Fsp3) is 0.625. The number of fused-ring (bicyclic) bond motifs is 1. The molecular weight excluding hydrogens is 320 g/mol. The van der Waals surface area contributed by atoms with Crippen molar-refractivity contribution in [2.45, 2.75) is 62.4 Å². The molecule has 0 saturated carbocycles. The summed E-state index contributed by atoms with van der Waals surface area (Å²) < 4.78 is 27.6. The Hall–Kier alpha value is -0.620. The smallest absolute Gasteiger partial charge is 0.243 e. The fourth-order valence-corrected chi connectivity index (χ4v) is 5.42. The van der Waals surface area contributed by atoms with Gasteiger partial charge in [0.1, 0.15) is 0 Å². The number of halogens is 1. The minimum Gasteiger partial charge on any atom is -0.326 e. The van der Waals surface area contributed by atoms with Crippen LogP contribution in [0.1, 0.15) is 43.7 Å². The van der Waals surface area contributed by atoms with Crippen molar-refractivity contribution >= 4 is 22.4 Å². The quantitative estimate of drug-likeness (QED) is 0.916. The highest BCUT2D eigenvalue weighted by molar-refractivity contribution is 7.89. The van der Waals surface area contributed by atoms with Gasteiger partial charge in [0.25, 0.3) is 0 Å². The van der Waals surface area contributed by atoms with Gasteiger partial charge in [0.2, 0.25) is 10.0 Å². The van der Waals surface area contributed by atoms with Gasteiger partial charge in [0.15, 0.2) is 0 Å². The monoisotopic (exact) mass is 344 g/mol. The summed E-state index contributed by atoms with van der Waals surface area (Å²) in [5, 5.41) is 0. The molecule has 1 fully saturated rings. The minimum atomic E-state index is -3.42. The summed E-state index contributed by atoms with van der Waals surface area (Å²) in [6.07, 6.45) is 6.04. The van der Waals surface area contributed by atoms with Gasteiger partial charge >= 0.3 is 0 Å². The number of nitrogens with zero attached hydrogens (tertiary/aromatic N) is 1. The van der Waals surface area contributed by atoms with Crippen molar-refractivity contribution in [3.05, 3.63) is 29.3 Å². The van der Waals surface area contributed by atoms with E-state index in [-0.39, 0.29) is 24.5 Å². The highest BCUT2D eigenvalue weighted by atomic mass is 35.5. The van der Waals surface area contributed by atoms with E-state index in [9.17, 15) is 8.42 Å². The van der Waals surface area contributed by atoms with Crippen LogP contribution in [0.2, 0.25) is 0 Å². The van der Waals surface area contributed by atoms with E-state index in [0.29, 0.717) is 11.4 Å². The summed E-state index contributed by atoms with van der Waals surface area (Å²) in [6, 6.07) is 5.43. The summed E-state index contributed by atoms with van der Waals surface area (Å²) >= 11 is 0. The van der Waals surface area contributed by atoms with Crippen LogP contribution in [-0.4, -0.2) is 31.4 Å². The summed E-state index contributed by atoms with van der Waals surface area (Å²) in [4.78, 5) is 0.440. The van der Waals surface area contributed by atoms with Crippen LogP contribution in [-0.2, 0) is 22.9 Å². The molecule has 1 aliphatic heterocycles. The van der Waals surface area contributed by atoms with Gasteiger partial charge in [-0.25, -0.2) is 8.42 Å². The first kappa shape index (κ1) is 17.7. The first-order valence-electron chi connectivity index (χ1n) is 7.89. The molecule has 0 aromatic heterocycles. The molecule has 3 rings (SSSR count). The molecule has 124 valence electrons. The molecule has 6 heteroatoms. The van der Waals surface area contributed by atoms with Crippen molar-refractivity contribution in [2.24, 2.45) is 5.73 Å². The molecule has 4 nitrogen and oxygen atoms in total. The zero-order valence-corrected chi connectivity index (χ0v) is 14.6. The largest absolute Gasteiger partial charge is 0.326 e. The molecule has 0 spiro atoms. The van der Waals surface area contributed by atoms with E-state index in [1.165, 1.54) is 11.1 Å². The Kier molecular flexibility index (Phi) is 5.54. The van der Waals surface area contributed by atoms with Crippen LogP contribution in [0.25, 0.3) is 0 Å². The maximum absolute atomic E-state index is 13.0. The molecule has 1 aliphatic carbocycles. The lowest BCUT2D eigenvalue weighted by atomic mass is 10.00. The van der Waals surface area contributed by atoms with Gasteiger partial charge in [-0.1, -0.05) is 12.5 Å². The van der Waals surface area contributed by atoms with Crippen LogP contribution in [0.5, 0.6) is 0 Å². The van der Waals surface area contributed by atoms with Gasteiger partial charge in [-0.3, -0.25) is 0 Å². The van der Waals surface area contributed by atoms with Gasteiger partial charge in [-0.2, -0.15) is 4.31 Å². The Morgan fingerprint density at radius 2 is 1.91 bits per heavy atom. The second-order valence-corrected chi connectivity index (χ2v) is 8.21. The van der Waals surface area contributed by atoms with E-state index in [1.54, 1.807) is 10.4 Å². The average Bonchev–Trinajstić information content (AvgIpc) is 2.94. The van der Waals surface area contributed by atoms with Crippen molar-refractivity contribution in [3.63, 3.8) is 0 Å². The lowest BCUT2D eigenvalue weighted by Gasteiger charge is -2.37. The molecule has 0 radical (unpaired) electrons. The third-order valence-corrected chi connectivity index (χ3v) is 6.70. The van der Waals surface area contributed by atoms with Crippen molar-refractivity contribution in [3.8, 4) is 0 Å². The summed E-state index contributed by atoms with van der Waals surface area (Å²) in [5.41, 5.74) is 8.52. The van der Waals surface area contributed by atoms with Gasteiger partial charge in [-0.15, -0.1) is 12.4 Å². The Balaban J connectivity index is 0.00000176. The van der Waals surface area contributed by atoms with E-state index < -0.39 is 10.0 Å². The summed E-state index contributed by atoms with van der Waals surface area (Å²) in [7, 11) is -3.42. The van der Waals surface area contributed by atoms with Gasteiger partial charge in [0, 0.05) is 18.6 Å². The van der Waals surface area contributed by atoms with Gasteiger partial charge in [-0.05, 0) is 62.3 Å². The lowest BCUT2D eigenvalue weighted by Crippen LogP contribution is -2.51. The van der Waals surface area contributed by atoms with Crippen LogP contribution in [0.3, 0.4) is 0 Å². The number of rotatable bonds is 3. The molecule has 1 aromatic carbocycles. The van der Waals surface area contributed by atoms with Crippen molar-refractivity contribution < 1.29 is 8.42 Å². The van der Waals surface area contributed by atoms with E-state index in [0.717, 1.165) is 38.5 Å². The molecule has 1 aromatic rings. The van der Waals surface area contributed by atoms with Crippen LogP contribution in [0.4, 0.5) is 0 Å². The maximum atomic E-state index is 13.0. The number of hydrogen-bond donors (Lipinski definition) is 1. The highest BCUT2D eigenvalue weighted by Gasteiger charge is 2.35. The number of benzene rings is 1. The Morgan fingerprint density at radius 3 is 2.64 bits per heavy atom. The van der Waals surface area contributed by atoms with Crippen molar-refractivity contribution in [2.75, 3.05) is 6.54 Å². The summed E-state index contributed by atoms with van der Waals surface area (Å²) in [6.45, 7) is 2.49.